The summed E-state index contributed by atoms with van der Waals surface area (Å²) in [5, 5.41) is 0. The van der Waals surface area contributed by atoms with Crippen LogP contribution in [0.4, 0.5) is 0 Å². The van der Waals surface area contributed by atoms with E-state index in [0.717, 1.165) is 17.9 Å². The fraction of sp³-hybridized carbons (Fsp3) is 0.333. The van der Waals surface area contributed by atoms with Gasteiger partial charge in [0.2, 0.25) is 0 Å². The first-order chi connectivity index (χ1) is 9.40. The molecule has 0 aliphatic rings. The summed E-state index contributed by atoms with van der Waals surface area (Å²) in [7, 11) is 0. The van der Waals surface area contributed by atoms with Crippen LogP contribution in [-0.4, -0.2) is 0 Å². The molecular weight excluding hydrogens is 255 g/mol. The van der Waals surface area contributed by atoms with Crippen molar-refractivity contribution in [3.63, 3.8) is 0 Å². The van der Waals surface area contributed by atoms with Gasteiger partial charge in [-0.25, -0.2) is 0 Å². The summed E-state index contributed by atoms with van der Waals surface area (Å²) in [4.78, 5) is 0. The molecule has 0 atom stereocenters. The SMILES string of the molecule is CCCCCCc1ccccc1Oc1ccccc1.[H-].[Na+]. The zero-order chi connectivity index (χ0) is 13.3. The van der Waals surface area contributed by atoms with Crippen LogP contribution in [0.1, 0.15) is 39.6 Å². The Morgan fingerprint density at radius 2 is 1.55 bits per heavy atom. The minimum atomic E-state index is 0. The molecule has 0 fully saturated rings. The molecule has 2 aromatic carbocycles. The maximum absolute atomic E-state index is 5.97. The molecular formula is C18H23NaO. The third-order valence-electron chi connectivity index (χ3n) is 3.24. The van der Waals surface area contributed by atoms with Gasteiger partial charge in [0.1, 0.15) is 11.5 Å². The van der Waals surface area contributed by atoms with Gasteiger partial charge in [0.15, 0.2) is 0 Å². The van der Waals surface area contributed by atoms with Gasteiger partial charge in [-0.05, 0) is 36.6 Å². The third kappa shape index (κ3) is 5.70. The Bertz CT molecular complexity index is 488. The Hall–Kier alpha value is -0.760. The van der Waals surface area contributed by atoms with E-state index in [2.05, 4.69) is 25.1 Å². The maximum atomic E-state index is 5.97. The molecule has 0 heterocycles. The third-order valence-corrected chi connectivity index (χ3v) is 3.24. The van der Waals surface area contributed by atoms with E-state index in [-0.39, 0.29) is 31.0 Å². The number of hydrogen-bond acceptors (Lipinski definition) is 1. The van der Waals surface area contributed by atoms with E-state index in [1.165, 1.54) is 31.2 Å². The minimum absolute atomic E-state index is 0. The summed E-state index contributed by atoms with van der Waals surface area (Å²) in [6.45, 7) is 2.24. The molecule has 0 amide bonds. The summed E-state index contributed by atoms with van der Waals surface area (Å²) >= 11 is 0. The second-order valence-corrected chi connectivity index (χ2v) is 4.83. The van der Waals surface area contributed by atoms with E-state index < -0.39 is 0 Å². The molecule has 2 heteroatoms. The smallest absolute Gasteiger partial charge is 1.00 e. The first kappa shape index (κ1) is 17.3. The van der Waals surface area contributed by atoms with Crippen molar-refractivity contribution in [3.8, 4) is 11.5 Å². The summed E-state index contributed by atoms with van der Waals surface area (Å²) in [5.74, 6) is 1.90. The van der Waals surface area contributed by atoms with Crippen molar-refractivity contribution in [1.29, 1.82) is 0 Å². The van der Waals surface area contributed by atoms with E-state index in [1.807, 2.05) is 36.4 Å². The molecule has 0 aliphatic heterocycles. The number of aryl methyl sites for hydroxylation is 1. The first-order valence-electron chi connectivity index (χ1n) is 7.21. The van der Waals surface area contributed by atoms with Crippen LogP contribution < -0.4 is 34.3 Å². The van der Waals surface area contributed by atoms with Crippen LogP contribution in [0.2, 0.25) is 0 Å². The fourth-order valence-corrected chi connectivity index (χ4v) is 2.17. The normalized spacial score (nSPS) is 9.85. The molecule has 102 valence electrons. The number of hydrogen-bond donors (Lipinski definition) is 0. The van der Waals surface area contributed by atoms with Crippen molar-refractivity contribution in [2.45, 2.75) is 39.0 Å². The van der Waals surface area contributed by atoms with Crippen LogP contribution in [0.3, 0.4) is 0 Å². The minimum Gasteiger partial charge on any atom is -1.00 e. The van der Waals surface area contributed by atoms with Crippen LogP contribution in [0, 0.1) is 0 Å². The monoisotopic (exact) mass is 278 g/mol. The summed E-state index contributed by atoms with van der Waals surface area (Å²) in [6, 6.07) is 18.3. The van der Waals surface area contributed by atoms with Crippen molar-refractivity contribution in [2.75, 3.05) is 0 Å². The summed E-state index contributed by atoms with van der Waals surface area (Å²) in [6.07, 6.45) is 6.24. The predicted molar refractivity (Wildman–Crippen MR) is 81.9 cm³/mol. The predicted octanol–water partition coefficient (Wildman–Crippen LogP) is 2.72. The molecule has 0 aliphatic carbocycles. The van der Waals surface area contributed by atoms with E-state index in [0.29, 0.717) is 0 Å². The van der Waals surface area contributed by atoms with Gasteiger partial charge < -0.3 is 6.16 Å². The molecule has 0 N–H and O–H groups in total. The molecule has 0 unspecified atom stereocenters. The van der Waals surface area contributed by atoms with Gasteiger partial charge in [-0.15, -0.1) is 0 Å². The number of benzene rings is 2. The van der Waals surface area contributed by atoms with Crippen molar-refractivity contribution in [2.24, 2.45) is 0 Å². The van der Waals surface area contributed by atoms with E-state index in [9.17, 15) is 0 Å². The van der Waals surface area contributed by atoms with Crippen molar-refractivity contribution in [1.82, 2.24) is 0 Å². The van der Waals surface area contributed by atoms with Crippen LogP contribution in [0.25, 0.3) is 0 Å². The second kappa shape index (κ2) is 10.0. The van der Waals surface area contributed by atoms with E-state index in [4.69, 9.17) is 4.74 Å². The molecule has 20 heavy (non-hydrogen) atoms. The van der Waals surface area contributed by atoms with Gasteiger partial charge in [-0.2, -0.15) is 0 Å². The van der Waals surface area contributed by atoms with Gasteiger partial charge in [0.25, 0.3) is 0 Å². The number of unbranched alkanes of at least 4 members (excludes halogenated alkanes) is 3. The molecule has 0 bridgehead atoms. The Kier molecular flexibility index (Phi) is 8.68. The van der Waals surface area contributed by atoms with Gasteiger partial charge >= 0.3 is 29.6 Å². The standard InChI is InChI=1S/C18H22O.Na.H/c1-2-3-4-6-11-16-12-9-10-15-18(16)19-17-13-7-5-8-14-17;;/h5,7-10,12-15H,2-4,6,11H2,1H3;;/q;+1;-1. The second-order valence-electron chi connectivity index (χ2n) is 4.83. The number of para-hydroxylation sites is 2. The van der Waals surface area contributed by atoms with Gasteiger partial charge in [0.05, 0.1) is 0 Å². The van der Waals surface area contributed by atoms with Crippen LogP contribution in [0.15, 0.2) is 54.6 Å². The van der Waals surface area contributed by atoms with Gasteiger partial charge in [0, 0.05) is 0 Å². The van der Waals surface area contributed by atoms with Crippen LogP contribution in [-0.2, 0) is 6.42 Å². The maximum Gasteiger partial charge on any atom is 1.00 e. The van der Waals surface area contributed by atoms with Crippen LogP contribution in [0.5, 0.6) is 11.5 Å². The fourth-order valence-electron chi connectivity index (χ4n) is 2.17. The quantitative estimate of drug-likeness (QED) is 0.559. The Labute approximate surface area is 146 Å². The number of ether oxygens (including phenoxy) is 1. The molecule has 1 nitrogen and oxygen atoms in total. The molecule has 2 rings (SSSR count). The topological polar surface area (TPSA) is 9.23 Å². The Morgan fingerprint density at radius 1 is 0.850 bits per heavy atom. The zero-order valence-electron chi connectivity index (χ0n) is 13.6. The average Bonchev–Trinajstić information content (AvgIpc) is 2.46. The summed E-state index contributed by atoms with van der Waals surface area (Å²) < 4.78 is 5.97. The first-order valence-corrected chi connectivity index (χ1v) is 7.21. The summed E-state index contributed by atoms with van der Waals surface area (Å²) in [5.41, 5.74) is 1.31. The molecule has 0 radical (unpaired) electrons. The Morgan fingerprint density at radius 3 is 2.30 bits per heavy atom. The Balaban J connectivity index is 0.00000200. The van der Waals surface area contributed by atoms with Gasteiger partial charge in [-0.3, -0.25) is 0 Å². The molecule has 0 saturated carbocycles. The molecule has 2 aromatic rings. The molecule has 0 aromatic heterocycles. The van der Waals surface area contributed by atoms with E-state index in [1.54, 1.807) is 0 Å². The average molecular weight is 278 g/mol. The largest absolute Gasteiger partial charge is 1.00 e. The van der Waals surface area contributed by atoms with Crippen molar-refractivity contribution >= 4 is 0 Å². The van der Waals surface area contributed by atoms with Crippen molar-refractivity contribution < 1.29 is 35.7 Å². The molecule has 0 saturated heterocycles. The molecule has 0 spiro atoms. The van der Waals surface area contributed by atoms with E-state index >= 15 is 0 Å². The number of rotatable bonds is 7. The van der Waals surface area contributed by atoms with Gasteiger partial charge in [-0.1, -0.05) is 62.6 Å². The van der Waals surface area contributed by atoms with Crippen LogP contribution >= 0.6 is 0 Å². The zero-order valence-corrected chi connectivity index (χ0v) is 14.6. The van der Waals surface area contributed by atoms with Crippen molar-refractivity contribution in [3.05, 3.63) is 60.2 Å².